The third-order valence-corrected chi connectivity index (χ3v) is 2.82. The smallest absolute Gasteiger partial charge is 0.292 e. The number of nitro groups is 1. The van der Waals surface area contributed by atoms with Gasteiger partial charge in [-0.1, -0.05) is 12.1 Å². The van der Waals surface area contributed by atoms with Gasteiger partial charge in [0, 0.05) is 24.3 Å². The molecule has 1 aromatic rings. The normalized spacial score (nSPS) is 20.2. The highest BCUT2D eigenvalue weighted by atomic mass is 32.1. The highest BCUT2D eigenvalue weighted by Gasteiger charge is 2.32. The van der Waals surface area contributed by atoms with Gasteiger partial charge in [0.15, 0.2) is 0 Å². The van der Waals surface area contributed by atoms with E-state index in [2.05, 4.69) is 12.6 Å². The third kappa shape index (κ3) is 1.88. The van der Waals surface area contributed by atoms with E-state index in [-0.39, 0.29) is 16.8 Å². The van der Waals surface area contributed by atoms with E-state index in [1.807, 2.05) is 0 Å². The minimum atomic E-state index is -0.478. The van der Waals surface area contributed by atoms with Gasteiger partial charge < -0.3 is 4.90 Å². The number of anilines is 1. The van der Waals surface area contributed by atoms with Crippen molar-refractivity contribution in [2.75, 3.05) is 11.4 Å². The number of carbonyl (C=O) groups is 1. The van der Waals surface area contributed by atoms with Crippen LogP contribution in [0.3, 0.4) is 0 Å². The Morgan fingerprint density at radius 3 is 2.69 bits per heavy atom. The SMILES string of the molecule is O=C1CC(S)CN1c1ccccc1[N+](=O)[O-]. The second-order valence-corrected chi connectivity index (χ2v) is 4.34. The van der Waals surface area contributed by atoms with Gasteiger partial charge in [0.05, 0.1) is 4.92 Å². The van der Waals surface area contributed by atoms with Gasteiger partial charge in [-0.3, -0.25) is 14.9 Å². The summed E-state index contributed by atoms with van der Waals surface area (Å²) in [7, 11) is 0. The van der Waals surface area contributed by atoms with Gasteiger partial charge in [-0.05, 0) is 6.07 Å². The van der Waals surface area contributed by atoms with Crippen molar-refractivity contribution >= 4 is 29.9 Å². The minimum absolute atomic E-state index is 0.0433. The fraction of sp³-hybridized carbons (Fsp3) is 0.300. The lowest BCUT2D eigenvalue weighted by Gasteiger charge is -2.15. The van der Waals surface area contributed by atoms with Crippen LogP contribution in [0.5, 0.6) is 0 Å². The summed E-state index contributed by atoms with van der Waals surface area (Å²) < 4.78 is 0. The van der Waals surface area contributed by atoms with E-state index < -0.39 is 4.92 Å². The highest BCUT2D eigenvalue weighted by Crippen LogP contribution is 2.31. The monoisotopic (exact) mass is 238 g/mol. The average molecular weight is 238 g/mol. The quantitative estimate of drug-likeness (QED) is 0.484. The topological polar surface area (TPSA) is 63.5 Å². The average Bonchev–Trinajstić information content (AvgIpc) is 2.57. The van der Waals surface area contributed by atoms with Gasteiger partial charge in [0.25, 0.3) is 5.69 Å². The highest BCUT2D eigenvalue weighted by molar-refractivity contribution is 7.81. The van der Waals surface area contributed by atoms with E-state index in [1.54, 1.807) is 18.2 Å². The molecule has 1 saturated heterocycles. The summed E-state index contributed by atoms with van der Waals surface area (Å²) in [5.74, 6) is -0.116. The van der Waals surface area contributed by atoms with Crippen LogP contribution in [0, 0.1) is 10.1 Å². The van der Waals surface area contributed by atoms with E-state index in [9.17, 15) is 14.9 Å². The molecule has 1 aliphatic heterocycles. The Labute approximate surface area is 97.6 Å². The molecule has 1 aliphatic rings. The summed E-state index contributed by atoms with van der Waals surface area (Å²) in [6.45, 7) is 0.423. The summed E-state index contributed by atoms with van der Waals surface area (Å²) in [5, 5.41) is 10.8. The van der Waals surface area contributed by atoms with E-state index >= 15 is 0 Å². The maximum Gasteiger partial charge on any atom is 0.292 e. The fourth-order valence-electron chi connectivity index (χ4n) is 1.77. The first-order chi connectivity index (χ1) is 7.59. The molecule has 1 heterocycles. The number of nitrogens with zero attached hydrogens (tertiary/aromatic N) is 2. The second-order valence-electron chi connectivity index (χ2n) is 3.61. The summed E-state index contributed by atoms with van der Waals surface area (Å²) in [6.07, 6.45) is 0.329. The second kappa shape index (κ2) is 4.13. The molecule has 1 unspecified atom stereocenters. The van der Waals surface area contributed by atoms with Gasteiger partial charge >= 0.3 is 0 Å². The first kappa shape index (κ1) is 10.9. The van der Waals surface area contributed by atoms with Crippen molar-refractivity contribution in [2.45, 2.75) is 11.7 Å². The van der Waals surface area contributed by atoms with Crippen molar-refractivity contribution in [3.63, 3.8) is 0 Å². The van der Waals surface area contributed by atoms with Crippen molar-refractivity contribution in [3.05, 3.63) is 34.4 Å². The predicted octanol–water partition coefficient (Wildman–Crippen LogP) is 1.63. The Balaban J connectivity index is 2.40. The molecule has 5 nitrogen and oxygen atoms in total. The largest absolute Gasteiger partial charge is 0.305 e. The third-order valence-electron chi connectivity index (χ3n) is 2.47. The Bertz CT molecular complexity index is 449. The van der Waals surface area contributed by atoms with Crippen LogP contribution in [0.4, 0.5) is 11.4 Å². The molecule has 0 aromatic heterocycles. The molecule has 0 saturated carbocycles. The van der Waals surface area contributed by atoms with Crippen LogP contribution in [0.1, 0.15) is 6.42 Å². The van der Waals surface area contributed by atoms with Crippen LogP contribution >= 0.6 is 12.6 Å². The zero-order chi connectivity index (χ0) is 11.7. The zero-order valence-corrected chi connectivity index (χ0v) is 9.26. The zero-order valence-electron chi connectivity index (χ0n) is 8.37. The van der Waals surface area contributed by atoms with Gasteiger partial charge in [0.1, 0.15) is 5.69 Å². The number of carbonyl (C=O) groups excluding carboxylic acids is 1. The number of para-hydroxylation sites is 2. The van der Waals surface area contributed by atoms with Gasteiger partial charge in [-0.15, -0.1) is 0 Å². The minimum Gasteiger partial charge on any atom is -0.305 e. The van der Waals surface area contributed by atoms with Gasteiger partial charge in [-0.2, -0.15) is 12.6 Å². The molecule has 0 spiro atoms. The number of hydrogen-bond donors (Lipinski definition) is 1. The Morgan fingerprint density at radius 1 is 1.44 bits per heavy atom. The summed E-state index contributed by atoms with van der Waals surface area (Å²) in [4.78, 5) is 23.4. The number of benzene rings is 1. The number of nitro benzene ring substituents is 1. The Hall–Kier alpha value is -1.56. The Kier molecular flexibility index (Phi) is 2.82. The lowest BCUT2D eigenvalue weighted by molar-refractivity contribution is -0.384. The number of rotatable bonds is 2. The van der Waals surface area contributed by atoms with Crippen LogP contribution in [-0.2, 0) is 4.79 Å². The molecule has 0 radical (unpaired) electrons. The molecule has 1 fully saturated rings. The summed E-state index contributed by atoms with van der Waals surface area (Å²) in [6, 6.07) is 6.25. The first-order valence-electron chi connectivity index (χ1n) is 4.81. The molecular formula is C10H10N2O3S. The van der Waals surface area contributed by atoms with Gasteiger partial charge in [-0.25, -0.2) is 0 Å². The van der Waals surface area contributed by atoms with E-state index in [0.29, 0.717) is 18.7 Å². The molecule has 84 valence electrons. The lowest BCUT2D eigenvalue weighted by Crippen LogP contribution is -2.25. The molecule has 16 heavy (non-hydrogen) atoms. The molecule has 2 rings (SSSR count). The molecule has 1 atom stereocenters. The van der Waals surface area contributed by atoms with Crippen molar-refractivity contribution in [1.82, 2.24) is 0 Å². The van der Waals surface area contributed by atoms with E-state index in [1.165, 1.54) is 11.0 Å². The lowest BCUT2D eigenvalue weighted by atomic mass is 10.2. The standard InChI is InChI=1S/C10H10N2O3S/c13-10-5-7(16)6-11(10)8-3-1-2-4-9(8)12(14)15/h1-4,7,16H,5-6H2. The van der Waals surface area contributed by atoms with E-state index in [0.717, 1.165) is 0 Å². The maximum atomic E-state index is 11.6. The van der Waals surface area contributed by atoms with Crippen molar-refractivity contribution in [2.24, 2.45) is 0 Å². The van der Waals surface area contributed by atoms with E-state index in [4.69, 9.17) is 0 Å². The summed E-state index contributed by atoms with van der Waals surface area (Å²) >= 11 is 4.21. The number of hydrogen-bond acceptors (Lipinski definition) is 4. The molecule has 6 heteroatoms. The van der Waals surface area contributed by atoms with Crippen molar-refractivity contribution < 1.29 is 9.72 Å². The predicted molar refractivity (Wildman–Crippen MR) is 62.8 cm³/mol. The van der Waals surface area contributed by atoms with Crippen LogP contribution in [0.25, 0.3) is 0 Å². The molecule has 1 aromatic carbocycles. The van der Waals surface area contributed by atoms with Crippen LogP contribution in [-0.4, -0.2) is 22.6 Å². The number of amides is 1. The molecule has 0 aliphatic carbocycles. The summed E-state index contributed by atoms with van der Waals surface area (Å²) in [5.41, 5.74) is 0.312. The Morgan fingerprint density at radius 2 is 2.12 bits per heavy atom. The molecule has 1 amide bonds. The van der Waals surface area contributed by atoms with Crippen LogP contribution < -0.4 is 4.90 Å². The van der Waals surface area contributed by atoms with Crippen LogP contribution in [0.2, 0.25) is 0 Å². The maximum absolute atomic E-state index is 11.6. The number of thiol groups is 1. The van der Waals surface area contributed by atoms with Crippen molar-refractivity contribution in [1.29, 1.82) is 0 Å². The molecule has 0 N–H and O–H groups in total. The molecular weight excluding hydrogens is 228 g/mol. The molecule has 0 bridgehead atoms. The fourth-order valence-corrected chi connectivity index (χ4v) is 2.09. The van der Waals surface area contributed by atoms with Crippen molar-refractivity contribution in [3.8, 4) is 0 Å². The van der Waals surface area contributed by atoms with Crippen LogP contribution in [0.15, 0.2) is 24.3 Å². The first-order valence-corrected chi connectivity index (χ1v) is 5.33. The van der Waals surface area contributed by atoms with Gasteiger partial charge in [0.2, 0.25) is 5.91 Å².